The highest BCUT2D eigenvalue weighted by atomic mass is 32.2. The maximum atomic E-state index is 12.4. The molecule has 24 heavy (non-hydrogen) atoms. The minimum atomic E-state index is -3.35. The van der Waals surface area contributed by atoms with E-state index in [0.717, 1.165) is 20.8 Å². The van der Waals surface area contributed by atoms with E-state index in [4.69, 9.17) is 0 Å². The highest BCUT2D eigenvalue weighted by Crippen LogP contribution is 2.30. The molecule has 0 unspecified atom stereocenters. The Kier molecular flexibility index (Phi) is 4.62. The molecule has 3 rings (SSSR count). The van der Waals surface area contributed by atoms with Gasteiger partial charge in [-0.1, -0.05) is 17.8 Å². The third-order valence-corrected chi connectivity index (χ3v) is 6.44. The van der Waals surface area contributed by atoms with Gasteiger partial charge in [0.15, 0.2) is 14.2 Å². The first-order valence-corrected chi connectivity index (χ1v) is 10.9. The number of amides is 1. The van der Waals surface area contributed by atoms with Gasteiger partial charge in [-0.25, -0.2) is 13.4 Å². The van der Waals surface area contributed by atoms with Crippen LogP contribution in [0.1, 0.15) is 10.4 Å². The van der Waals surface area contributed by atoms with E-state index in [1.807, 2.05) is 18.4 Å². The molecular formula is C16H14N2O3S3. The van der Waals surface area contributed by atoms with Crippen LogP contribution in [0.25, 0.3) is 10.2 Å². The molecule has 1 heterocycles. The first kappa shape index (κ1) is 16.9. The molecule has 1 N–H and O–H groups in total. The molecule has 2 aromatic carbocycles. The van der Waals surface area contributed by atoms with Gasteiger partial charge in [0.05, 0.1) is 15.1 Å². The zero-order chi connectivity index (χ0) is 17.3. The minimum absolute atomic E-state index is 0.123. The van der Waals surface area contributed by atoms with Gasteiger partial charge in [0.25, 0.3) is 5.91 Å². The van der Waals surface area contributed by atoms with Gasteiger partial charge in [-0.05, 0) is 42.7 Å². The SMILES string of the molecule is CSc1nc2ccc(NC(=O)c3cccc(S(C)(=O)=O)c3)cc2s1. The van der Waals surface area contributed by atoms with Gasteiger partial charge in [0, 0.05) is 17.5 Å². The second-order valence-corrected chi connectivity index (χ2v) is 9.22. The molecule has 0 spiro atoms. The molecule has 1 amide bonds. The highest BCUT2D eigenvalue weighted by Gasteiger charge is 2.12. The van der Waals surface area contributed by atoms with E-state index in [1.54, 1.807) is 41.3 Å². The average molecular weight is 379 g/mol. The van der Waals surface area contributed by atoms with Gasteiger partial charge >= 0.3 is 0 Å². The van der Waals surface area contributed by atoms with Crippen molar-refractivity contribution in [3.63, 3.8) is 0 Å². The van der Waals surface area contributed by atoms with E-state index in [0.29, 0.717) is 11.3 Å². The number of anilines is 1. The molecule has 0 saturated carbocycles. The van der Waals surface area contributed by atoms with Crippen LogP contribution in [0.5, 0.6) is 0 Å². The number of thioether (sulfide) groups is 1. The van der Waals surface area contributed by atoms with Gasteiger partial charge in [0.1, 0.15) is 0 Å². The number of thiazole rings is 1. The molecule has 8 heteroatoms. The van der Waals surface area contributed by atoms with Crippen molar-refractivity contribution in [3.8, 4) is 0 Å². The number of hydrogen-bond acceptors (Lipinski definition) is 6. The molecule has 0 aliphatic heterocycles. The van der Waals surface area contributed by atoms with Crippen LogP contribution in [0, 0.1) is 0 Å². The summed E-state index contributed by atoms with van der Waals surface area (Å²) >= 11 is 3.14. The Morgan fingerprint density at radius 3 is 2.71 bits per heavy atom. The molecule has 5 nitrogen and oxygen atoms in total. The lowest BCUT2D eigenvalue weighted by Crippen LogP contribution is -2.12. The van der Waals surface area contributed by atoms with Crippen molar-refractivity contribution in [2.75, 3.05) is 17.8 Å². The van der Waals surface area contributed by atoms with E-state index in [9.17, 15) is 13.2 Å². The lowest BCUT2D eigenvalue weighted by molar-refractivity contribution is 0.102. The third-order valence-electron chi connectivity index (χ3n) is 3.33. The van der Waals surface area contributed by atoms with Crippen molar-refractivity contribution < 1.29 is 13.2 Å². The molecule has 0 saturated heterocycles. The smallest absolute Gasteiger partial charge is 0.255 e. The first-order valence-electron chi connectivity index (χ1n) is 6.93. The maximum absolute atomic E-state index is 12.4. The quantitative estimate of drug-likeness (QED) is 0.701. The number of hydrogen-bond donors (Lipinski definition) is 1. The van der Waals surface area contributed by atoms with Crippen molar-refractivity contribution in [3.05, 3.63) is 48.0 Å². The molecule has 124 valence electrons. The molecular weight excluding hydrogens is 364 g/mol. The number of nitrogens with zero attached hydrogens (tertiary/aromatic N) is 1. The Balaban J connectivity index is 1.87. The molecule has 0 radical (unpaired) electrons. The van der Waals surface area contributed by atoms with Crippen LogP contribution in [-0.2, 0) is 9.84 Å². The predicted octanol–water partition coefficient (Wildman–Crippen LogP) is 3.67. The average Bonchev–Trinajstić information content (AvgIpc) is 2.96. The Morgan fingerprint density at radius 1 is 1.21 bits per heavy atom. The van der Waals surface area contributed by atoms with Crippen LogP contribution in [0.15, 0.2) is 51.7 Å². The summed E-state index contributed by atoms with van der Waals surface area (Å²) in [6, 6.07) is 11.5. The van der Waals surface area contributed by atoms with Crippen molar-refractivity contribution in [2.45, 2.75) is 9.24 Å². The highest BCUT2D eigenvalue weighted by molar-refractivity contribution is 8.00. The van der Waals surface area contributed by atoms with Crippen LogP contribution in [-0.4, -0.2) is 31.8 Å². The second kappa shape index (κ2) is 6.54. The molecule has 1 aromatic heterocycles. The fraction of sp³-hybridized carbons (Fsp3) is 0.125. The Morgan fingerprint density at radius 2 is 2.00 bits per heavy atom. The number of rotatable bonds is 4. The molecule has 3 aromatic rings. The second-order valence-electron chi connectivity index (χ2n) is 5.12. The number of nitrogens with one attached hydrogen (secondary N) is 1. The van der Waals surface area contributed by atoms with Gasteiger partial charge in [-0.2, -0.15) is 0 Å². The summed E-state index contributed by atoms with van der Waals surface area (Å²) in [6.45, 7) is 0. The first-order chi connectivity index (χ1) is 11.4. The largest absolute Gasteiger partial charge is 0.322 e. The number of aromatic nitrogens is 1. The van der Waals surface area contributed by atoms with Gasteiger partial charge in [-0.15, -0.1) is 11.3 Å². The Labute approximate surface area is 148 Å². The standard InChI is InChI=1S/C16H14N2O3S3/c1-22-16-18-13-7-6-11(9-14(13)23-16)17-15(19)10-4-3-5-12(8-10)24(2,20)21/h3-9H,1-2H3,(H,17,19). The van der Waals surface area contributed by atoms with E-state index < -0.39 is 9.84 Å². The number of benzene rings is 2. The van der Waals surface area contributed by atoms with E-state index in [-0.39, 0.29) is 10.8 Å². The summed E-state index contributed by atoms with van der Waals surface area (Å²) in [7, 11) is -3.35. The summed E-state index contributed by atoms with van der Waals surface area (Å²) < 4.78 is 25.2. The van der Waals surface area contributed by atoms with Crippen molar-refractivity contribution >= 4 is 54.7 Å². The van der Waals surface area contributed by atoms with E-state index in [2.05, 4.69) is 10.3 Å². The predicted molar refractivity (Wildman–Crippen MR) is 98.9 cm³/mol. The van der Waals surface area contributed by atoms with Crippen molar-refractivity contribution in [1.29, 1.82) is 0 Å². The normalized spacial score (nSPS) is 11.6. The number of sulfone groups is 1. The topological polar surface area (TPSA) is 76.1 Å². The van der Waals surface area contributed by atoms with Crippen molar-refractivity contribution in [2.24, 2.45) is 0 Å². The summed E-state index contributed by atoms with van der Waals surface area (Å²) in [5, 5.41) is 2.79. The molecule has 0 atom stereocenters. The molecule has 0 fully saturated rings. The summed E-state index contributed by atoms with van der Waals surface area (Å²) in [6.07, 6.45) is 3.08. The summed E-state index contributed by atoms with van der Waals surface area (Å²) in [4.78, 5) is 16.9. The van der Waals surface area contributed by atoms with Crippen LogP contribution in [0.2, 0.25) is 0 Å². The van der Waals surface area contributed by atoms with Crippen LogP contribution in [0.4, 0.5) is 5.69 Å². The number of carbonyl (C=O) groups is 1. The fourth-order valence-corrected chi connectivity index (χ4v) is 4.34. The number of fused-ring (bicyclic) bond motifs is 1. The number of carbonyl (C=O) groups excluding carboxylic acids is 1. The van der Waals surface area contributed by atoms with Gasteiger partial charge in [0.2, 0.25) is 0 Å². The van der Waals surface area contributed by atoms with Crippen LogP contribution < -0.4 is 5.32 Å². The van der Waals surface area contributed by atoms with E-state index >= 15 is 0 Å². The molecule has 0 bridgehead atoms. The van der Waals surface area contributed by atoms with Gasteiger partial charge < -0.3 is 5.32 Å². The van der Waals surface area contributed by atoms with Gasteiger partial charge in [-0.3, -0.25) is 4.79 Å². The maximum Gasteiger partial charge on any atom is 0.255 e. The lowest BCUT2D eigenvalue weighted by Gasteiger charge is -2.06. The summed E-state index contributed by atoms with van der Waals surface area (Å²) in [5.41, 5.74) is 1.84. The zero-order valence-electron chi connectivity index (χ0n) is 12.9. The van der Waals surface area contributed by atoms with Crippen LogP contribution >= 0.6 is 23.1 Å². The molecule has 0 aliphatic rings. The Hall–Kier alpha value is -1.90. The zero-order valence-corrected chi connectivity index (χ0v) is 15.4. The Bertz CT molecular complexity index is 1030. The summed E-state index contributed by atoms with van der Waals surface area (Å²) in [5.74, 6) is -0.352. The fourth-order valence-electron chi connectivity index (χ4n) is 2.14. The van der Waals surface area contributed by atoms with Crippen LogP contribution in [0.3, 0.4) is 0 Å². The third kappa shape index (κ3) is 3.61. The minimum Gasteiger partial charge on any atom is -0.322 e. The monoisotopic (exact) mass is 378 g/mol. The molecule has 0 aliphatic carbocycles. The van der Waals surface area contributed by atoms with E-state index in [1.165, 1.54) is 12.1 Å². The van der Waals surface area contributed by atoms with Crippen molar-refractivity contribution in [1.82, 2.24) is 4.98 Å². The lowest BCUT2D eigenvalue weighted by atomic mass is 10.2.